The van der Waals surface area contributed by atoms with Crippen LogP contribution in [0.3, 0.4) is 0 Å². The second-order valence-electron chi connectivity index (χ2n) is 22.6. The van der Waals surface area contributed by atoms with Crippen molar-refractivity contribution in [2.24, 2.45) is 0 Å². The lowest BCUT2D eigenvalue weighted by atomic mass is 9.88. The first-order valence-corrected chi connectivity index (χ1v) is 30.7. The van der Waals surface area contributed by atoms with Crippen LogP contribution in [0.2, 0.25) is 0 Å². The average Bonchev–Trinajstić information content (AvgIpc) is 3.60. The zero-order chi connectivity index (χ0) is 60.5. The molecule has 0 aromatic carbocycles. The Labute approximate surface area is 485 Å². The molecule has 14 N–H and O–H groups in total. The summed E-state index contributed by atoms with van der Waals surface area (Å²) in [6.07, 6.45) is 6.76. The number of aliphatic carboxylic acids is 1. The van der Waals surface area contributed by atoms with Crippen molar-refractivity contribution in [3.8, 4) is 0 Å². The molecule has 23 heteroatoms. The molecular weight excluding hydrogens is 1070 g/mol. The molecule has 18 atom stereocenters. The third kappa shape index (κ3) is 25.3. The van der Waals surface area contributed by atoms with Crippen LogP contribution in [0.5, 0.6) is 0 Å². The molecule has 0 spiro atoms. The third-order valence-electron chi connectivity index (χ3n) is 15.6. The number of nitrogens with one attached hydrogen (secondary N) is 2. The van der Waals surface area contributed by atoms with E-state index in [9.17, 15) is 75.7 Å². The molecule has 3 aliphatic rings. The van der Waals surface area contributed by atoms with Gasteiger partial charge in [-0.1, -0.05) is 154 Å². The summed E-state index contributed by atoms with van der Waals surface area (Å²) in [6, 6.07) is -2.62. The van der Waals surface area contributed by atoms with Crippen molar-refractivity contribution in [2.45, 2.75) is 304 Å². The van der Waals surface area contributed by atoms with Crippen LogP contribution in [0.25, 0.3) is 0 Å². The topological polar surface area (TPSA) is 373 Å². The highest BCUT2D eigenvalue weighted by Gasteiger charge is 2.60. The first kappa shape index (κ1) is 73.5. The molecule has 0 aromatic rings. The fourth-order valence-electron chi connectivity index (χ4n) is 10.6. The number of unbranched alkanes of at least 4 members (excludes halogenated alkanes) is 22. The quantitative estimate of drug-likeness (QED) is 0.0308. The van der Waals surface area contributed by atoms with E-state index in [2.05, 4.69) is 36.6 Å². The van der Waals surface area contributed by atoms with Gasteiger partial charge in [0, 0.05) is 19.8 Å². The zero-order valence-corrected chi connectivity index (χ0v) is 49.1. The molecule has 0 bridgehead atoms. The molecule has 3 saturated heterocycles. The molecule has 3 heterocycles. The summed E-state index contributed by atoms with van der Waals surface area (Å²) < 4.78 is 34.6. The van der Waals surface area contributed by atoms with E-state index in [-0.39, 0.29) is 12.3 Å². The van der Waals surface area contributed by atoms with Gasteiger partial charge in [-0.2, -0.15) is 0 Å². The summed E-state index contributed by atoms with van der Waals surface area (Å²) >= 11 is 0. The first-order chi connectivity index (χ1) is 39.4. The number of carboxylic acids is 1. The predicted octanol–water partition coefficient (Wildman–Crippen LogP) is 2.94. The van der Waals surface area contributed by atoms with Crippen molar-refractivity contribution in [1.82, 2.24) is 10.6 Å². The largest absolute Gasteiger partial charge is 0.477 e. The van der Waals surface area contributed by atoms with Crippen molar-refractivity contribution < 1.29 is 104 Å². The summed E-state index contributed by atoms with van der Waals surface area (Å²) in [7, 11) is 0. The highest BCUT2D eigenvalue weighted by atomic mass is 16.8. The number of allylic oxidation sites excluding steroid dienone is 3. The van der Waals surface area contributed by atoms with E-state index >= 15 is 0 Å². The van der Waals surface area contributed by atoms with Crippen LogP contribution < -0.4 is 10.6 Å². The maximum atomic E-state index is 13.3. The smallest absolute Gasteiger partial charge is 0.364 e. The van der Waals surface area contributed by atoms with Crippen molar-refractivity contribution >= 4 is 17.8 Å². The average molecular weight is 1180 g/mol. The first-order valence-electron chi connectivity index (χ1n) is 30.7. The molecule has 2 amide bonds. The molecule has 82 heavy (non-hydrogen) atoms. The number of aliphatic hydroxyl groups is 11. The number of carboxylic acid groups (broad SMARTS) is 1. The normalized spacial score (nSPS) is 30.3. The number of amides is 2. The van der Waals surface area contributed by atoms with Crippen LogP contribution in [0.1, 0.15) is 194 Å². The maximum Gasteiger partial charge on any atom is 0.364 e. The van der Waals surface area contributed by atoms with Gasteiger partial charge < -0.3 is 100 Å². The number of aliphatic hydroxyl groups excluding tert-OH is 11. The van der Waals surface area contributed by atoms with Gasteiger partial charge in [0.25, 0.3) is 5.79 Å². The summed E-state index contributed by atoms with van der Waals surface area (Å²) in [4.78, 5) is 38.4. The van der Waals surface area contributed by atoms with E-state index in [4.69, 9.17) is 28.4 Å². The second kappa shape index (κ2) is 41.3. The Kier molecular flexibility index (Phi) is 37.0. The molecule has 3 rings (SSSR count). The molecule has 3 aliphatic heterocycles. The SMILES string of the molecule is CCCCCCCC/C=C\CCCCCC(=O)NC(COC1OC(CO)C(OC2OC(CO)C(O)C(OC3(C(=O)O)CC(O)C(NC(C)=O)C(C(O)C(O)CO)O3)C2O)C(O)C1O)C(O)/C=C/CCCCCCCCCCCCCCC. The highest BCUT2D eigenvalue weighted by Crippen LogP contribution is 2.38. The molecular formula is C59H106N2O21. The highest BCUT2D eigenvalue weighted by molar-refractivity contribution is 5.77. The summed E-state index contributed by atoms with van der Waals surface area (Å²) in [5.41, 5.74) is 0. The van der Waals surface area contributed by atoms with Gasteiger partial charge in [-0.05, 0) is 44.9 Å². The maximum absolute atomic E-state index is 13.3. The van der Waals surface area contributed by atoms with Crippen molar-refractivity contribution in [3.63, 3.8) is 0 Å². The van der Waals surface area contributed by atoms with E-state index in [1.54, 1.807) is 6.08 Å². The predicted molar refractivity (Wildman–Crippen MR) is 301 cm³/mol. The van der Waals surface area contributed by atoms with Crippen LogP contribution in [0, 0.1) is 0 Å². The molecule has 3 fully saturated rings. The zero-order valence-electron chi connectivity index (χ0n) is 49.1. The van der Waals surface area contributed by atoms with Gasteiger partial charge in [0.15, 0.2) is 12.6 Å². The van der Waals surface area contributed by atoms with Crippen LogP contribution in [0.15, 0.2) is 24.3 Å². The third-order valence-corrected chi connectivity index (χ3v) is 15.6. The fraction of sp³-hybridized carbons (Fsp3) is 0.881. The Bertz CT molecular complexity index is 1780. The number of carbonyl (C=O) groups excluding carboxylic acids is 2. The molecule has 18 unspecified atom stereocenters. The Morgan fingerprint density at radius 2 is 1.15 bits per heavy atom. The van der Waals surface area contributed by atoms with Crippen LogP contribution in [-0.2, 0) is 42.8 Å². The molecule has 478 valence electrons. The van der Waals surface area contributed by atoms with Gasteiger partial charge in [-0.15, -0.1) is 0 Å². The minimum atomic E-state index is -3.08. The van der Waals surface area contributed by atoms with Gasteiger partial charge in [-0.3, -0.25) is 9.59 Å². The van der Waals surface area contributed by atoms with Crippen LogP contribution >= 0.6 is 0 Å². The van der Waals surface area contributed by atoms with Crippen molar-refractivity contribution in [2.75, 3.05) is 26.4 Å². The molecule has 23 nitrogen and oxygen atoms in total. The Morgan fingerprint density at radius 3 is 1.66 bits per heavy atom. The van der Waals surface area contributed by atoms with Gasteiger partial charge in [0.2, 0.25) is 11.8 Å². The molecule has 0 aliphatic carbocycles. The molecule has 0 radical (unpaired) electrons. The Morgan fingerprint density at radius 1 is 0.634 bits per heavy atom. The number of hydrogen-bond donors (Lipinski definition) is 14. The van der Waals surface area contributed by atoms with Gasteiger partial charge in [-0.25, -0.2) is 4.79 Å². The fourth-order valence-corrected chi connectivity index (χ4v) is 10.6. The van der Waals surface area contributed by atoms with E-state index in [0.717, 1.165) is 51.9 Å². The van der Waals surface area contributed by atoms with Crippen molar-refractivity contribution in [1.29, 1.82) is 0 Å². The lowest BCUT2D eigenvalue weighted by Gasteiger charge is -2.50. The van der Waals surface area contributed by atoms with Crippen LogP contribution in [-0.4, -0.2) is 215 Å². The van der Waals surface area contributed by atoms with E-state index in [0.29, 0.717) is 12.8 Å². The summed E-state index contributed by atoms with van der Waals surface area (Å²) in [5.74, 6) is -6.16. The lowest BCUT2D eigenvalue weighted by molar-refractivity contribution is -0.386. The monoisotopic (exact) mass is 1180 g/mol. The summed E-state index contributed by atoms with van der Waals surface area (Å²) in [5, 5.41) is 135. The molecule has 0 saturated carbocycles. The van der Waals surface area contributed by atoms with Gasteiger partial charge >= 0.3 is 5.97 Å². The van der Waals surface area contributed by atoms with Gasteiger partial charge in [0.05, 0.1) is 50.7 Å². The Balaban J connectivity index is 1.68. The number of rotatable bonds is 44. The lowest BCUT2D eigenvalue weighted by Crippen LogP contribution is -2.70. The molecule has 0 aromatic heterocycles. The van der Waals surface area contributed by atoms with Crippen LogP contribution in [0.4, 0.5) is 0 Å². The number of carbonyl (C=O) groups is 3. The second-order valence-corrected chi connectivity index (χ2v) is 22.6. The van der Waals surface area contributed by atoms with Crippen molar-refractivity contribution in [3.05, 3.63) is 24.3 Å². The van der Waals surface area contributed by atoms with E-state index in [1.807, 2.05) is 6.08 Å². The minimum Gasteiger partial charge on any atom is -0.477 e. The van der Waals surface area contributed by atoms with E-state index < -0.39 is 155 Å². The number of ether oxygens (including phenoxy) is 6. The minimum absolute atomic E-state index is 0.180. The summed E-state index contributed by atoms with van der Waals surface area (Å²) in [6.45, 7) is 2.07. The standard InChI is InChI=1S/C59H106N2O21/c1-4-6-8-10-12-14-16-18-19-21-22-24-26-28-30-32-41(66)40(61-46(69)33-31-29-27-25-23-20-17-15-13-11-9-7-5-2)38-77-56-51(73)50(72)53(45(37-64)79-56)80-57-52(74)55(49(71)44(36-63)78-57)82-59(58(75)76)34-42(67)47(60-39(3)65)54(81-59)48(70)43(68)35-62/h20,23,30,32,40-45,47-57,62-64,66-68,70-74H,4-19,21-22,24-29,31,33-38H2,1-3H3,(H,60,65)(H,61,69)(H,75,76)/b23-20-,32-30+. The van der Waals surface area contributed by atoms with Gasteiger partial charge in [0.1, 0.15) is 67.1 Å². The Hall–Kier alpha value is -2.79. The van der Waals surface area contributed by atoms with E-state index in [1.165, 1.54) is 103 Å². The number of hydrogen-bond acceptors (Lipinski definition) is 20.